The van der Waals surface area contributed by atoms with Gasteiger partial charge in [0.1, 0.15) is 0 Å². The molecule has 0 N–H and O–H groups in total. The molecule has 0 fully saturated rings. The van der Waals surface area contributed by atoms with Gasteiger partial charge >= 0.3 is 0 Å². The lowest BCUT2D eigenvalue weighted by atomic mass is 10.6. The van der Waals surface area contributed by atoms with Gasteiger partial charge in [-0.3, -0.25) is 0 Å². The van der Waals surface area contributed by atoms with Gasteiger partial charge in [-0.25, -0.2) is 0 Å². The third kappa shape index (κ3) is 6.57. The predicted octanol–water partition coefficient (Wildman–Crippen LogP) is 1.30. The first kappa shape index (κ1) is 8.57. The lowest BCUT2D eigenvalue weighted by molar-refractivity contribution is 1.07. The molecule has 0 heterocycles. The first-order valence-corrected chi connectivity index (χ1v) is 6.06. The van der Waals surface area contributed by atoms with Crippen molar-refractivity contribution in [3.63, 3.8) is 0 Å². The summed E-state index contributed by atoms with van der Waals surface area (Å²) in [6, 6.07) is 1.48. The van der Waals surface area contributed by atoms with Crippen LogP contribution < -0.4 is 0 Å². The first-order valence-electron chi connectivity index (χ1n) is 3.49. The summed E-state index contributed by atoms with van der Waals surface area (Å²) in [5.41, 5.74) is 0. The van der Waals surface area contributed by atoms with E-state index in [1.54, 1.807) is 0 Å². The summed E-state index contributed by atoms with van der Waals surface area (Å²) in [7, 11) is 1.39. The van der Waals surface area contributed by atoms with Crippen molar-refractivity contribution in [1.82, 2.24) is 0 Å². The van der Waals surface area contributed by atoms with E-state index >= 15 is 0 Å². The highest BCUT2D eigenvalue weighted by Crippen LogP contribution is 2.04. The molecule has 0 aliphatic carbocycles. The molecule has 8 heavy (non-hydrogen) atoms. The molecule has 0 aromatic rings. The first-order chi connectivity index (χ1) is 3.91. The third-order valence-electron chi connectivity index (χ3n) is 0.991. The Balaban J connectivity index is 2.53. The Morgan fingerprint density at radius 1 is 1.38 bits per heavy atom. The van der Waals surface area contributed by atoms with Gasteiger partial charge in [0.2, 0.25) is 0 Å². The molecule has 0 atom stereocenters. The zero-order chi connectivity index (χ0) is 6.24. The van der Waals surface area contributed by atoms with Crippen molar-refractivity contribution >= 4 is 22.0 Å². The van der Waals surface area contributed by atoms with Gasteiger partial charge in [0.15, 0.2) is 0 Å². The summed E-state index contributed by atoms with van der Waals surface area (Å²) in [6.07, 6.45) is 2.79. The molecule has 0 nitrogen and oxygen atoms in total. The fourth-order valence-corrected chi connectivity index (χ4v) is 2.34. The molecule has 0 spiro atoms. The minimum Gasteiger partial charge on any atom is -0.162 e. The second-order valence-electron chi connectivity index (χ2n) is 1.97. The third-order valence-corrected chi connectivity index (χ3v) is 2.97. The molecule has 0 bridgehead atoms. The maximum Gasteiger partial charge on any atom is 0.00283 e. The van der Waals surface area contributed by atoms with Gasteiger partial charge in [0.05, 0.1) is 0 Å². The second-order valence-corrected chi connectivity index (χ2v) is 4.19. The van der Waals surface area contributed by atoms with Gasteiger partial charge in [-0.05, 0) is 24.3 Å². The van der Waals surface area contributed by atoms with Crippen LogP contribution in [0.1, 0.15) is 19.8 Å². The topological polar surface area (TPSA) is 0 Å². The molecule has 0 aliphatic heterocycles. The summed E-state index contributed by atoms with van der Waals surface area (Å²) < 4.78 is 0. The van der Waals surface area contributed by atoms with Crippen molar-refractivity contribution in [2.75, 3.05) is 11.5 Å². The van der Waals surface area contributed by atoms with Crippen molar-refractivity contribution < 1.29 is 0 Å². The highest BCUT2D eigenvalue weighted by Gasteiger charge is 1.83. The van der Waals surface area contributed by atoms with Gasteiger partial charge in [-0.1, -0.05) is 13.0 Å². The monoisotopic (exact) mass is 148 g/mol. The summed E-state index contributed by atoms with van der Waals surface area (Å²) >= 11 is 2.10. The largest absolute Gasteiger partial charge is 0.162 e. The summed E-state index contributed by atoms with van der Waals surface area (Å²) in [6.45, 7) is 2.24. The van der Waals surface area contributed by atoms with Crippen LogP contribution in [0.5, 0.6) is 0 Å². The van der Waals surface area contributed by atoms with Crippen LogP contribution in [0.3, 0.4) is 0 Å². The molecule has 0 amide bonds. The zero-order valence-corrected chi connectivity index (χ0v) is 8.76. The molecule has 50 valence electrons. The van der Waals surface area contributed by atoms with E-state index in [9.17, 15) is 0 Å². The van der Waals surface area contributed by atoms with E-state index in [4.69, 9.17) is 0 Å². The fourth-order valence-electron chi connectivity index (χ4n) is 0.493. The van der Waals surface area contributed by atoms with Crippen LogP contribution >= 0.6 is 11.8 Å². The maximum absolute atomic E-state index is 2.24. The molecule has 0 aliphatic rings. The van der Waals surface area contributed by atoms with Gasteiger partial charge in [-0.15, -0.1) is 0 Å². The predicted molar refractivity (Wildman–Crippen MR) is 47.0 cm³/mol. The van der Waals surface area contributed by atoms with Gasteiger partial charge in [-0.2, -0.15) is 11.8 Å². The molecule has 0 rings (SSSR count). The van der Waals surface area contributed by atoms with Crippen LogP contribution in [-0.2, 0) is 0 Å². The van der Waals surface area contributed by atoms with E-state index < -0.39 is 0 Å². The lowest BCUT2D eigenvalue weighted by Gasteiger charge is -1.94. The summed E-state index contributed by atoms with van der Waals surface area (Å²) in [4.78, 5) is 0. The van der Waals surface area contributed by atoms with Gasteiger partial charge in [0.25, 0.3) is 0 Å². The maximum atomic E-state index is 2.24. The van der Waals surface area contributed by atoms with Crippen LogP contribution in [0.4, 0.5) is 0 Å². The van der Waals surface area contributed by atoms with E-state index in [0.29, 0.717) is 0 Å². The summed E-state index contributed by atoms with van der Waals surface area (Å²) in [5.74, 6) is 2.76. The highest BCUT2D eigenvalue weighted by atomic mass is 32.2. The minimum absolute atomic E-state index is 1.34. The number of thioether (sulfide) groups is 1. The molecule has 0 unspecified atom stereocenters. The Bertz CT molecular complexity index is 33.5. The number of hydrogen-bond acceptors (Lipinski definition) is 1. The average molecular weight is 148 g/mol. The van der Waals surface area contributed by atoms with Crippen molar-refractivity contribution in [2.45, 2.75) is 25.8 Å². The van der Waals surface area contributed by atoms with Crippen molar-refractivity contribution in [3.05, 3.63) is 0 Å². The van der Waals surface area contributed by atoms with Crippen molar-refractivity contribution in [3.8, 4) is 0 Å². The fraction of sp³-hybridized carbons (Fsp3) is 1.00. The summed E-state index contributed by atoms with van der Waals surface area (Å²) in [5, 5.41) is 0. The van der Waals surface area contributed by atoms with Gasteiger partial charge in [0, 0.05) is 10.2 Å². The van der Waals surface area contributed by atoms with E-state index in [1.165, 1.54) is 40.6 Å². The molecular weight excluding hydrogens is 132 g/mol. The molecule has 2 heteroatoms. The normalized spacial score (nSPS) is 10.1. The Hall–Kier alpha value is 0.567. The molecule has 0 saturated heterocycles. The highest BCUT2D eigenvalue weighted by molar-refractivity contribution is 7.99. The molecule has 0 radical (unpaired) electrons. The van der Waals surface area contributed by atoms with Crippen molar-refractivity contribution in [2.24, 2.45) is 0 Å². The smallest absolute Gasteiger partial charge is 0.00283 e. The molecule has 0 saturated carbocycles. The van der Waals surface area contributed by atoms with Crippen LogP contribution in [0.15, 0.2) is 0 Å². The average Bonchev–Trinajstić information content (AvgIpc) is 1.81. The van der Waals surface area contributed by atoms with Crippen LogP contribution in [0.2, 0.25) is 6.04 Å². The zero-order valence-electron chi connectivity index (χ0n) is 5.94. The van der Waals surface area contributed by atoms with E-state index in [0.717, 1.165) is 0 Å². The molecular formula is C6H16SSi. The minimum atomic E-state index is 1.34. The Morgan fingerprint density at radius 2 is 2.12 bits per heavy atom. The van der Waals surface area contributed by atoms with E-state index in [2.05, 4.69) is 18.7 Å². The van der Waals surface area contributed by atoms with Crippen LogP contribution in [-0.4, -0.2) is 21.7 Å². The van der Waals surface area contributed by atoms with Crippen LogP contribution in [0.25, 0.3) is 0 Å². The quantitative estimate of drug-likeness (QED) is 0.418. The number of hydrogen-bond donors (Lipinski definition) is 0. The molecule has 0 aromatic heterocycles. The van der Waals surface area contributed by atoms with Crippen molar-refractivity contribution in [1.29, 1.82) is 0 Å². The standard InChI is InChI=1S/C6H16SSi/c1-2-4-7-5-3-6-8/h2-6H2,1,8H3. The van der Waals surface area contributed by atoms with E-state index in [-0.39, 0.29) is 0 Å². The number of rotatable bonds is 5. The Kier molecular flexibility index (Phi) is 8.10. The Labute approximate surface area is 59.9 Å². The van der Waals surface area contributed by atoms with Crippen LogP contribution in [0, 0.1) is 0 Å². The lowest BCUT2D eigenvalue weighted by Crippen LogP contribution is -1.80. The second kappa shape index (κ2) is 7.57. The SMILES string of the molecule is CCCSCCC[SiH3]. The molecule has 0 aromatic carbocycles. The van der Waals surface area contributed by atoms with E-state index in [1.807, 2.05) is 0 Å². The Morgan fingerprint density at radius 3 is 2.62 bits per heavy atom. The van der Waals surface area contributed by atoms with Gasteiger partial charge < -0.3 is 0 Å².